The maximum absolute atomic E-state index is 12.1. The second-order valence-corrected chi connectivity index (χ2v) is 4.80. The Bertz CT molecular complexity index is 786. The number of ether oxygens (including phenoxy) is 1. The number of carbonyl (C=O) groups is 2. The average Bonchev–Trinajstić information content (AvgIpc) is 3.14. The van der Waals surface area contributed by atoms with Gasteiger partial charge >= 0.3 is 5.97 Å². The van der Waals surface area contributed by atoms with Gasteiger partial charge in [-0.15, -0.1) is 0 Å². The summed E-state index contributed by atoms with van der Waals surface area (Å²) in [6, 6.07) is 9.27. The van der Waals surface area contributed by atoms with Crippen molar-refractivity contribution in [2.45, 2.75) is 0 Å². The third kappa shape index (κ3) is 2.69. The molecule has 0 fully saturated rings. The predicted octanol–water partition coefficient (Wildman–Crippen LogP) is 2.69. The second kappa shape index (κ2) is 5.73. The lowest BCUT2D eigenvalue weighted by Gasteiger charge is -2.00. The van der Waals surface area contributed by atoms with E-state index in [2.05, 4.69) is 15.0 Å². The Morgan fingerprint density at radius 3 is 2.86 bits per heavy atom. The monoisotopic (exact) mass is 294 g/mol. The van der Waals surface area contributed by atoms with Gasteiger partial charge in [0.15, 0.2) is 0 Å². The number of hydrogen-bond acceptors (Lipinski definition) is 3. The summed E-state index contributed by atoms with van der Waals surface area (Å²) in [5, 5.41) is 2.83. The van der Waals surface area contributed by atoms with Crippen molar-refractivity contribution in [3.8, 4) is 0 Å². The van der Waals surface area contributed by atoms with Crippen molar-refractivity contribution < 1.29 is 14.3 Å². The van der Waals surface area contributed by atoms with Crippen molar-refractivity contribution in [1.29, 1.82) is 0 Å². The number of rotatable bonds is 3. The van der Waals surface area contributed by atoms with Crippen molar-refractivity contribution in [3.05, 3.63) is 59.4 Å². The van der Waals surface area contributed by atoms with Gasteiger partial charge in [-0.2, -0.15) is 0 Å². The van der Waals surface area contributed by atoms with E-state index >= 15 is 0 Å². The van der Waals surface area contributed by atoms with E-state index in [-0.39, 0.29) is 5.91 Å². The summed E-state index contributed by atoms with van der Waals surface area (Å²) in [5.41, 5.74) is 3.84. The first-order valence-electron chi connectivity index (χ1n) is 6.74. The lowest BCUT2D eigenvalue weighted by Crippen LogP contribution is -2.03. The van der Waals surface area contributed by atoms with Gasteiger partial charge in [0, 0.05) is 29.2 Å². The van der Waals surface area contributed by atoms with Gasteiger partial charge in [0.05, 0.1) is 12.7 Å². The Morgan fingerprint density at radius 1 is 1.27 bits per heavy atom. The molecule has 0 radical (unpaired) electrons. The molecule has 110 valence electrons. The van der Waals surface area contributed by atoms with E-state index in [0.29, 0.717) is 5.57 Å². The minimum absolute atomic E-state index is 0.140. The molecule has 2 aromatic rings. The summed E-state index contributed by atoms with van der Waals surface area (Å²) in [6.45, 7) is 0. The van der Waals surface area contributed by atoms with Crippen LogP contribution in [-0.2, 0) is 14.3 Å². The first-order valence-corrected chi connectivity index (χ1v) is 6.74. The predicted molar refractivity (Wildman–Crippen MR) is 84.8 cm³/mol. The van der Waals surface area contributed by atoms with Crippen LogP contribution in [0.4, 0.5) is 5.69 Å². The summed E-state index contributed by atoms with van der Waals surface area (Å²) in [6.07, 6.45) is 6.60. The molecule has 2 N–H and O–H groups in total. The van der Waals surface area contributed by atoms with Crippen LogP contribution in [0.15, 0.2) is 42.6 Å². The quantitative estimate of drug-likeness (QED) is 0.675. The van der Waals surface area contributed by atoms with Gasteiger partial charge in [0.1, 0.15) is 0 Å². The van der Waals surface area contributed by atoms with Crippen LogP contribution >= 0.6 is 0 Å². The highest BCUT2D eigenvalue weighted by Crippen LogP contribution is 2.33. The van der Waals surface area contributed by atoms with E-state index in [0.717, 1.165) is 22.5 Å². The van der Waals surface area contributed by atoms with E-state index in [1.54, 1.807) is 18.3 Å². The number of esters is 1. The maximum atomic E-state index is 12.1. The average molecular weight is 294 g/mol. The first kappa shape index (κ1) is 13.9. The molecule has 1 aliphatic rings. The summed E-state index contributed by atoms with van der Waals surface area (Å²) >= 11 is 0. The van der Waals surface area contributed by atoms with E-state index in [1.165, 1.54) is 13.2 Å². The van der Waals surface area contributed by atoms with Gasteiger partial charge in [0.25, 0.3) is 5.91 Å². The molecule has 1 aromatic heterocycles. The molecule has 0 atom stereocenters. The second-order valence-electron chi connectivity index (χ2n) is 4.80. The molecule has 0 aliphatic carbocycles. The van der Waals surface area contributed by atoms with Crippen molar-refractivity contribution >= 4 is 35.3 Å². The molecule has 0 unspecified atom stereocenters. The van der Waals surface area contributed by atoms with Crippen LogP contribution in [0.2, 0.25) is 0 Å². The Hall–Kier alpha value is -3.08. The molecule has 1 aliphatic heterocycles. The van der Waals surface area contributed by atoms with Crippen LogP contribution in [0.5, 0.6) is 0 Å². The molecule has 0 saturated heterocycles. The zero-order chi connectivity index (χ0) is 15.5. The van der Waals surface area contributed by atoms with Crippen LogP contribution in [0.1, 0.15) is 16.8 Å². The minimum atomic E-state index is -0.420. The smallest absolute Gasteiger partial charge is 0.330 e. The van der Waals surface area contributed by atoms with Gasteiger partial charge in [-0.1, -0.05) is 6.07 Å². The number of nitrogens with one attached hydrogen (secondary N) is 2. The Kier molecular flexibility index (Phi) is 3.62. The topological polar surface area (TPSA) is 71.2 Å². The molecule has 22 heavy (non-hydrogen) atoms. The number of aromatic nitrogens is 1. The number of anilines is 1. The summed E-state index contributed by atoms with van der Waals surface area (Å²) in [4.78, 5) is 26.3. The van der Waals surface area contributed by atoms with E-state index in [9.17, 15) is 9.59 Å². The summed E-state index contributed by atoms with van der Waals surface area (Å²) in [5.74, 6) is -0.560. The minimum Gasteiger partial charge on any atom is -0.466 e. The highest BCUT2D eigenvalue weighted by atomic mass is 16.5. The van der Waals surface area contributed by atoms with E-state index in [1.807, 2.05) is 30.3 Å². The zero-order valence-electron chi connectivity index (χ0n) is 11.9. The molecular weight excluding hydrogens is 280 g/mol. The molecule has 0 spiro atoms. The van der Waals surface area contributed by atoms with E-state index in [4.69, 9.17) is 0 Å². The number of amides is 1. The molecule has 5 heteroatoms. The maximum Gasteiger partial charge on any atom is 0.330 e. The fourth-order valence-corrected chi connectivity index (χ4v) is 2.27. The number of hydrogen-bond donors (Lipinski definition) is 2. The Labute approximate surface area is 127 Å². The third-order valence-corrected chi connectivity index (χ3v) is 3.36. The van der Waals surface area contributed by atoms with Crippen molar-refractivity contribution in [1.82, 2.24) is 4.98 Å². The van der Waals surface area contributed by atoms with Crippen LogP contribution in [0, 0.1) is 0 Å². The summed E-state index contributed by atoms with van der Waals surface area (Å²) < 4.78 is 4.57. The normalized spacial score (nSPS) is 15.1. The van der Waals surface area contributed by atoms with Crippen LogP contribution < -0.4 is 5.32 Å². The number of carbonyl (C=O) groups excluding carboxylic acids is 2. The molecule has 1 aromatic carbocycles. The van der Waals surface area contributed by atoms with Gasteiger partial charge in [-0.05, 0) is 42.0 Å². The highest BCUT2D eigenvalue weighted by Gasteiger charge is 2.24. The molecule has 0 bridgehead atoms. The van der Waals surface area contributed by atoms with Gasteiger partial charge in [-0.3, -0.25) is 4.79 Å². The summed E-state index contributed by atoms with van der Waals surface area (Å²) in [7, 11) is 1.33. The molecule has 5 nitrogen and oxygen atoms in total. The number of benzene rings is 1. The standard InChI is InChI=1S/C17H14N2O3/c1-22-16(20)7-5-11-4-6-15-13(9-11)14(17(21)19-15)10-12-3-2-8-18-12/h2-10,18H,1H3,(H,19,21)/b7-5+,14-10-. The molecule has 2 heterocycles. The lowest BCUT2D eigenvalue weighted by atomic mass is 10.0. The number of methoxy groups -OCH3 is 1. The largest absolute Gasteiger partial charge is 0.466 e. The number of H-pyrrole nitrogens is 1. The Balaban J connectivity index is 1.97. The SMILES string of the molecule is COC(=O)/C=C/c1ccc2c(c1)/C(=C/c1ccc[nH]1)C(=O)N2. The van der Waals surface area contributed by atoms with Crippen molar-refractivity contribution in [2.24, 2.45) is 0 Å². The lowest BCUT2D eigenvalue weighted by molar-refractivity contribution is -0.134. The molecule has 1 amide bonds. The van der Waals surface area contributed by atoms with Gasteiger partial charge in [0.2, 0.25) is 0 Å². The number of fused-ring (bicyclic) bond motifs is 1. The van der Waals surface area contributed by atoms with Crippen LogP contribution in [0.25, 0.3) is 17.7 Å². The zero-order valence-corrected chi connectivity index (χ0v) is 11.9. The molecular formula is C17H14N2O3. The van der Waals surface area contributed by atoms with Crippen LogP contribution in [0.3, 0.4) is 0 Å². The molecule has 3 rings (SSSR count). The highest BCUT2D eigenvalue weighted by molar-refractivity contribution is 6.34. The van der Waals surface area contributed by atoms with E-state index < -0.39 is 5.97 Å². The Morgan fingerprint density at radius 2 is 2.14 bits per heavy atom. The fourth-order valence-electron chi connectivity index (χ4n) is 2.27. The van der Waals surface area contributed by atoms with Gasteiger partial charge in [-0.25, -0.2) is 4.79 Å². The molecule has 0 saturated carbocycles. The van der Waals surface area contributed by atoms with Crippen molar-refractivity contribution in [2.75, 3.05) is 12.4 Å². The van der Waals surface area contributed by atoms with Crippen molar-refractivity contribution in [3.63, 3.8) is 0 Å². The fraction of sp³-hybridized carbons (Fsp3) is 0.0588. The first-order chi connectivity index (χ1) is 10.7. The van der Waals surface area contributed by atoms with Crippen LogP contribution in [-0.4, -0.2) is 24.0 Å². The number of aromatic amines is 1. The third-order valence-electron chi connectivity index (χ3n) is 3.36. The van der Waals surface area contributed by atoms with Gasteiger partial charge < -0.3 is 15.0 Å².